The third kappa shape index (κ3) is 2.93. The Bertz CT molecular complexity index is 702. The topological polar surface area (TPSA) is 52.4 Å². The molecule has 20 heavy (non-hydrogen) atoms. The van der Waals surface area contributed by atoms with E-state index in [9.17, 15) is 14.5 Å². The summed E-state index contributed by atoms with van der Waals surface area (Å²) in [6, 6.07) is 11.2. The summed E-state index contributed by atoms with van der Waals surface area (Å²) in [5.41, 5.74) is 0.397. The number of hydrogen-bond acceptors (Lipinski definition) is 3. The van der Waals surface area contributed by atoms with Crippen molar-refractivity contribution in [2.24, 2.45) is 0 Å². The molecule has 0 unspecified atom stereocenters. The highest BCUT2D eigenvalue weighted by Crippen LogP contribution is 2.26. The van der Waals surface area contributed by atoms with E-state index in [0.717, 1.165) is 17.7 Å². The molecule has 2 aromatic carbocycles. The molecule has 0 N–H and O–H groups in total. The van der Waals surface area contributed by atoms with Crippen molar-refractivity contribution in [3.05, 3.63) is 69.5 Å². The number of hydrogen-bond donors (Lipinski definition) is 0. The van der Waals surface area contributed by atoms with Gasteiger partial charge >= 0.3 is 5.69 Å². The molecule has 4 nitrogen and oxygen atoms in total. The fraction of sp³-hybridized carbons (Fsp3) is 0.0667. The first-order chi connectivity index (χ1) is 9.61. The number of ether oxygens (including phenoxy) is 1. The van der Waals surface area contributed by atoms with Crippen LogP contribution >= 0.6 is 0 Å². The molecule has 0 saturated heterocycles. The predicted molar refractivity (Wildman–Crippen MR) is 72.0 cm³/mol. The number of rotatable bonds is 2. The van der Waals surface area contributed by atoms with E-state index in [2.05, 4.69) is 11.8 Å². The summed E-state index contributed by atoms with van der Waals surface area (Å²) < 4.78 is 18.4. The average molecular weight is 271 g/mol. The molecule has 0 aliphatic carbocycles. The summed E-state index contributed by atoms with van der Waals surface area (Å²) in [7, 11) is 1.36. The van der Waals surface area contributed by atoms with E-state index < -0.39 is 16.4 Å². The Kier molecular flexibility index (Phi) is 3.96. The molecule has 0 spiro atoms. The molecule has 0 aromatic heterocycles. The lowest BCUT2D eigenvalue weighted by Gasteiger charge is -2.03. The van der Waals surface area contributed by atoms with Gasteiger partial charge in [0, 0.05) is 17.7 Å². The highest BCUT2D eigenvalue weighted by atomic mass is 19.1. The molecular weight excluding hydrogens is 261 g/mol. The average Bonchev–Trinajstić information content (AvgIpc) is 2.46. The molecule has 0 aliphatic heterocycles. The van der Waals surface area contributed by atoms with Crippen LogP contribution in [0.4, 0.5) is 10.1 Å². The Morgan fingerprint density at radius 3 is 2.50 bits per heavy atom. The van der Waals surface area contributed by atoms with Crippen LogP contribution in [0.25, 0.3) is 0 Å². The minimum atomic E-state index is -0.947. The van der Waals surface area contributed by atoms with Crippen molar-refractivity contribution in [2.45, 2.75) is 0 Å². The first kappa shape index (κ1) is 13.6. The molecule has 5 heteroatoms. The lowest BCUT2D eigenvalue weighted by atomic mass is 10.1. The van der Waals surface area contributed by atoms with Gasteiger partial charge < -0.3 is 4.74 Å². The van der Waals surface area contributed by atoms with E-state index in [0.29, 0.717) is 0 Å². The molecular formula is C15H10FNO3. The Balaban J connectivity index is 2.48. The Morgan fingerprint density at radius 2 is 1.90 bits per heavy atom. The van der Waals surface area contributed by atoms with E-state index in [1.807, 2.05) is 18.2 Å². The van der Waals surface area contributed by atoms with E-state index in [-0.39, 0.29) is 11.3 Å². The molecule has 0 fully saturated rings. The van der Waals surface area contributed by atoms with Gasteiger partial charge in [-0.1, -0.05) is 30.0 Å². The van der Waals surface area contributed by atoms with Crippen LogP contribution in [-0.4, -0.2) is 12.0 Å². The van der Waals surface area contributed by atoms with Crippen molar-refractivity contribution in [1.82, 2.24) is 0 Å². The van der Waals surface area contributed by atoms with Gasteiger partial charge in [0.25, 0.3) is 0 Å². The van der Waals surface area contributed by atoms with Crippen molar-refractivity contribution in [3.63, 3.8) is 0 Å². The van der Waals surface area contributed by atoms with Gasteiger partial charge in [0.05, 0.1) is 17.6 Å². The van der Waals surface area contributed by atoms with Crippen LogP contribution in [0, 0.1) is 27.8 Å². The molecule has 0 radical (unpaired) electrons. The third-order valence-corrected chi connectivity index (χ3v) is 2.58. The number of nitro benzene ring substituents is 1. The van der Waals surface area contributed by atoms with Crippen LogP contribution in [-0.2, 0) is 0 Å². The Hall–Kier alpha value is -2.87. The van der Waals surface area contributed by atoms with Crippen molar-refractivity contribution < 1.29 is 14.1 Å². The number of methoxy groups -OCH3 is 1. The summed E-state index contributed by atoms with van der Waals surface area (Å²) >= 11 is 0. The minimum absolute atomic E-state index is 0.163. The first-order valence-corrected chi connectivity index (χ1v) is 5.71. The maximum absolute atomic E-state index is 13.5. The molecule has 0 saturated carbocycles. The van der Waals surface area contributed by atoms with Gasteiger partial charge in [-0.05, 0) is 12.1 Å². The van der Waals surface area contributed by atoms with E-state index >= 15 is 0 Å². The van der Waals surface area contributed by atoms with Crippen LogP contribution in [0.2, 0.25) is 0 Å². The maximum Gasteiger partial charge on any atom is 0.306 e. The summed E-state index contributed by atoms with van der Waals surface area (Å²) in [4.78, 5) is 9.94. The highest BCUT2D eigenvalue weighted by molar-refractivity contribution is 5.55. The smallest absolute Gasteiger partial charge is 0.306 e. The van der Waals surface area contributed by atoms with Crippen LogP contribution < -0.4 is 4.74 Å². The molecule has 0 bridgehead atoms. The van der Waals surface area contributed by atoms with E-state index in [1.54, 1.807) is 12.1 Å². The molecule has 0 heterocycles. The summed E-state index contributed by atoms with van der Waals surface area (Å²) in [5, 5.41) is 10.7. The van der Waals surface area contributed by atoms with Crippen molar-refractivity contribution in [2.75, 3.05) is 7.11 Å². The van der Waals surface area contributed by atoms with Gasteiger partial charge in [-0.2, -0.15) is 4.39 Å². The first-order valence-electron chi connectivity index (χ1n) is 5.71. The fourth-order valence-electron chi connectivity index (χ4n) is 1.61. The highest BCUT2D eigenvalue weighted by Gasteiger charge is 2.17. The largest absolute Gasteiger partial charge is 0.495 e. The predicted octanol–water partition coefficient (Wildman–Crippen LogP) is 3.14. The summed E-state index contributed by atoms with van der Waals surface area (Å²) in [6.45, 7) is 0. The van der Waals surface area contributed by atoms with Crippen molar-refractivity contribution in [1.29, 1.82) is 0 Å². The lowest BCUT2D eigenvalue weighted by Crippen LogP contribution is -1.96. The zero-order valence-corrected chi connectivity index (χ0v) is 10.6. The zero-order valence-electron chi connectivity index (χ0n) is 10.6. The van der Waals surface area contributed by atoms with E-state index in [1.165, 1.54) is 7.11 Å². The van der Waals surface area contributed by atoms with Gasteiger partial charge in [0.2, 0.25) is 5.82 Å². The maximum atomic E-state index is 13.5. The second-order valence-electron chi connectivity index (χ2n) is 3.88. The van der Waals surface area contributed by atoms with Crippen LogP contribution in [0.1, 0.15) is 11.1 Å². The Labute approximate surface area is 115 Å². The van der Waals surface area contributed by atoms with Gasteiger partial charge in [0.1, 0.15) is 5.75 Å². The molecule has 100 valence electrons. The quantitative estimate of drug-likeness (QED) is 0.479. The lowest BCUT2D eigenvalue weighted by molar-refractivity contribution is -0.387. The van der Waals surface area contributed by atoms with Crippen molar-refractivity contribution >= 4 is 5.69 Å². The molecule has 0 aliphatic rings. The van der Waals surface area contributed by atoms with Gasteiger partial charge in [-0.15, -0.1) is 0 Å². The number of nitro groups is 1. The standard InChI is InChI=1S/C15H10FNO3/c1-20-15-10-13(16)14(17(18)19)9-12(15)8-7-11-5-3-2-4-6-11/h2-6,9-10H,1H3. The second kappa shape index (κ2) is 5.85. The Morgan fingerprint density at radius 1 is 1.20 bits per heavy atom. The van der Waals surface area contributed by atoms with Crippen molar-refractivity contribution in [3.8, 4) is 17.6 Å². The number of halogens is 1. The molecule has 0 atom stereocenters. The van der Waals surface area contributed by atoms with Gasteiger partial charge in [0.15, 0.2) is 0 Å². The summed E-state index contributed by atoms with van der Waals surface area (Å²) in [6.07, 6.45) is 0. The summed E-state index contributed by atoms with van der Waals surface area (Å²) in [5.74, 6) is 4.82. The van der Waals surface area contributed by atoms with Gasteiger partial charge in [-0.25, -0.2) is 0 Å². The van der Waals surface area contributed by atoms with Crippen LogP contribution in [0.5, 0.6) is 5.75 Å². The zero-order chi connectivity index (χ0) is 14.5. The fourth-order valence-corrected chi connectivity index (χ4v) is 1.61. The van der Waals surface area contributed by atoms with E-state index in [4.69, 9.17) is 4.74 Å². The second-order valence-corrected chi connectivity index (χ2v) is 3.88. The normalized spacial score (nSPS) is 9.50. The number of benzene rings is 2. The molecule has 2 aromatic rings. The monoisotopic (exact) mass is 271 g/mol. The molecule has 0 amide bonds. The van der Waals surface area contributed by atoms with Crippen LogP contribution in [0.15, 0.2) is 42.5 Å². The SMILES string of the molecule is COc1cc(F)c([N+](=O)[O-])cc1C#Cc1ccccc1. The van der Waals surface area contributed by atoms with Gasteiger partial charge in [-0.3, -0.25) is 10.1 Å². The third-order valence-electron chi connectivity index (χ3n) is 2.58. The minimum Gasteiger partial charge on any atom is -0.495 e. The molecule has 2 rings (SSSR count). The number of nitrogens with zero attached hydrogens (tertiary/aromatic N) is 1. The van der Waals surface area contributed by atoms with Crippen LogP contribution in [0.3, 0.4) is 0 Å².